The summed E-state index contributed by atoms with van der Waals surface area (Å²) < 4.78 is 0. The molecule has 3 aromatic rings. The molecule has 26 heavy (non-hydrogen) atoms. The number of anilines is 1. The fraction of sp³-hybridized carbons (Fsp3) is 0.261. The number of carbonyl (C=O) groups excluding carboxylic acids is 1. The third kappa shape index (κ3) is 3.88. The highest BCUT2D eigenvalue weighted by Crippen LogP contribution is 2.23. The molecule has 1 N–H and O–H groups in total. The van der Waals surface area contributed by atoms with E-state index < -0.39 is 0 Å². The Labute approximate surface area is 154 Å². The van der Waals surface area contributed by atoms with E-state index in [1.807, 2.05) is 29.2 Å². The smallest absolute Gasteiger partial charge is 0.321 e. The van der Waals surface area contributed by atoms with Crippen molar-refractivity contribution in [3.63, 3.8) is 0 Å². The van der Waals surface area contributed by atoms with Crippen LogP contribution in [0.5, 0.6) is 0 Å². The standard InChI is InChI=1S/C23H24N2O/c26-23(24-22-11-10-20-8-4-5-9-21(20)17-22)25-14-12-19(13-15-25)16-18-6-2-1-3-7-18/h1-11,17,19H,12-16H2,(H,24,26). The fourth-order valence-corrected chi connectivity index (χ4v) is 3.76. The van der Waals surface area contributed by atoms with Crippen molar-refractivity contribution in [1.82, 2.24) is 4.90 Å². The Morgan fingerprint density at radius 3 is 2.35 bits per heavy atom. The van der Waals surface area contributed by atoms with Gasteiger partial charge in [-0.2, -0.15) is 0 Å². The summed E-state index contributed by atoms with van der Waals surface area (Å²) in [5.41, 5.74) is 2.26. The van der Waals surface area contributed by atoms with Gasteiger partial charge in [0.2, 0.25) is 0 Å². The van der Waals surface area contributed by atoms with Crippen molar-refractivity contribution in [2.75, 3.05) is 18.4 Å². The van der Waals surface area contributed by atoms with Crippen LogP contribution in [0, 0.1) is 5.92 Å². The van der Waals surface area contributed by atoms with Gasteiger partial charge in [0.25, 0.3) is 0 Å². The summed E-state index contributed by atoms with van der Waals surface area (Å²) in [6, 6.07) is 24.9. The largest absolute Gasteiger partial charge is 0.325 e. The number of carbonyl (C=O) groups is 1. The minimum Gasteiger partial charge on any atom is -0.325 e. The third-order valence-corrected chi connectivity index (χ3v) is 5.27. The quantitative estimate of drug-likeness (QED) is 0.684. The molecule has 1 heterocycles. The molecule has 2 amide bonds. The van der Waals surface area contributed by atoms with Gasteiger partial charge < -0.3 is 10.2 Å². The summed E-state index contributed by atoms with van der Waals surface area (Å²) >= 11 is 0. The van der Waals surface area contributed by atoms with Gasteiger partial charge in [-0.3, -0.25) is 0 Å². The molecule has 3 aromatic carbocycles. The van der Waals surface area contributed by atoms with Crippen LogP contribution >= 0.6 is 0 Å². The summed E-state index contributed by atoms with van der Waals surface area (Å²) in [5, 5.41) is 5.39. The maximum absolute atomic E-state index is 12.6. The Hall–Kier alpha value is -2.81. The SMILES string of the molecule is O=C(Nc1ccc2ccccc2c1)N1CCC(Cc2ccccc2)CC1. The second-order valence-corrected chi connectivity index (χ2v) is 7.11. The van der Waals surface area contributed by atoms with Crippen LogP contribution in [0.4, 0.5) is 10.5 Å². The van der Waals surface area contributed by atoms with E-state index in [1.165, 1.54) is 10.9 Å². The molecule has 0 aliphatic carbocycles. The van der Waals surface area contributed by atoms with Crippen LogP contribution < -0.4 is 5.32 Å². The van der Waals surface area contributed by atoms with Gasteiger partial charge >= 0.3 is 6.03 Å². The van der Waals surface area contributed by atoms with Gasteiger partial charge in [0, 0.05) is 18.8 Å². The predicted octanol–water partition coefficient (Wildman–Crippen LogP) is 5.33. The van der Waals surface area contributed by atoms with E-state index in [0.29, 0.717) is 5.92 Å². The maximum Gasteiger partial charge on any atom is 0.321 e. The molecule has 1 fully saturated rings. The number of nitrogens with one attached hydrogen (secondary N) is 1. The third-order valence-electron chi connectivity index (χ3n) is 5.27. The topological polar surface area (TPSA) is 32.3 Å². The number of benzene rings is 3. The van der Waals surface area contributed by atoms with Crippen LogP contribution in [0.3, 0.4) is 0 Å². The van der Waals surface area contributed by atoms with Crippen LogP contribution in [-0.4, -0.2) is 24.0 Å². The van der Waals surface area contributed by atoms with Gasteiger partial charge in [-0.15, -0.1) is 0 Å². The van der Waals surface area contributed by atoms with Gasteiger partial charge in [-0.25, -0.2) is 4.79 Å². The van der Waals surface area contributed by atoms with E-state index >= 15 is 0 Å². The number of fused-ring (bicyclic) bond motifs is 1. The molecule has 0 radical (unpaired) electrons. The first kappa shape index (κ1) is 16.6. The van der Waals surface area contributed by atoms with Crippen LogP contribution in [-0.2, 0) is 6.42 Å². The molecule has 3 nitrogen and oxygen atoms in total. The molecule has 0 atom stereocenters. The number of amides is 2. The zero-order valence-corrected chi connectivity index (χ0v) is 14.9. The Morgan fingerprint density at radius 2 is 1.58 bits per heavy atom. The van der Waals surface area contributed by atoms with Gasteiger partial charge in [0.1, 0.15) is 0 Å². The number of hydrogen-bond acceptors (Lipinski definition) is 1. The molecular formula is C23H24N2O. The van der Waals surface area contributed by atoms with Gasteiger partial charge in [-0.05, 0) is 53.6 Å². The Morgan fingerprint density at radius 1 is 0.885 bits per heavy atom. The van der Waals surface area contributed by atoms with Crippen molar-refractivity contribution >= 4 is 22.5 Å². The molecule has 0 aromatic heterocycles. The molecule has 1 aliphatic heterocycles. The first-order valence-electron chi connectivity index (χ1n) is 9.36. The first-order valence-corrected chi connectivity index (χ1v) is 9.36. The Bertz CT molecular complexity index is 883. The van der Waals surface area contributed by atoms with E-state index in [9.17, 15) is 4.79 Å². The summed E-state index contributed by atoms with van der Waals surface area (Å²) in [7, 11) is 0. The lowest BCUT2D eigenvalue weighted by molar-refractivity contribution is 0.182. The molecule has 4 rings (SSSR count). The monoisotopic (exact) mass is 344 g/mol. The minimum absolute atomic E-state index is 0.0124. The number of likely N-dealkylation sites (tertiary alicyclic amines) is 1. The highest BCUT2D eigenvalue weighted by molar-refractivity contribution is 5.93. The van der Waals surface area contributed by atoms with Crippen molar-refractivity contribution in [3.05, 3.63) is 78.4 Å². The van der Waals surface area contributed by atoms with Gasteiger partial charge in [0.05, 0.1) is 0 Å². The first-order chi connectivity index (χ1) is 12.8. The van der Waals surface area contributed by atoms with Crippen LogP contribution in [0.25, 0.3) is 10.8 Å². The highest BCUT2D eigenvalue weighted by Gasteiger charge is 2.23. The summed E-state index contributed by atoms with van der Waals surface area (Å²) in [6.45, 7) is 1.66. The molecule has 0 saturated carbocycles. The van der Waals surface area contributed by atoms with Gasteiger partial charge in [-0.1, -0.05) is 60.7 Å². The van der Waals surface area contributed by atoms with E-state index in [1.54, 1.807) is 0 Å². The van der Waals surface area contributed by atoms with E-state index in [4.69, 9.17) is 0 Å². The number of nitrogens with zero attached hydrogens (tertiary/aromatic N) is 1. The molecule has 132 valence electrons. The highest BCUT2D eigenvalue weighted by atomic mass is 16.2. The number of piperidine rings is 1. The molecule has 0 spiro atoms. The van der Waals surface area contributed by atoms with Crippen LogP contribution in [0.15, 0.2) is 72.8 Å². The Kier molecular flexibility index (Phi) is 4.87. The maximum atomic E-state index is 12.6. The molecule has 0 bridgehead atoms. The van der Waals surface area contributed by atoms with Crippen molar-refractivity contribution in [1.29, 1.82) is 0 Å². The van der Waals surface area contributed by atoms with Crippen molar-refractivity contribution in [2.24, 2.45) is 5.92 Å². The molecule has 3 heteroatoms. The molecule has 0 unspecified atom stereocenters. The number of urea groups is 1. The lowest BCUT2D eigenvalue weighted by Gasteiger charge is -2.32. The fourth-order valence-electron chi connectivity index (χ4n) is 3.76. The molecular weight excluding hydrogens is 320 g/mol. The van der Waals surface area contributed by atoms with E-state index in [-0.39, 0.29) is 6.03 Å². The number of hydrogen-bond donors (Lipinski definition) is 1. The minimum atomic E-state index is 0.0124. The van der Waals surface area contributed by atoms with Crippen molar-refractivity contribution < 1.29 is 4.79 Å². The van der Waals surface area contributed by atoms with E-state index in [0.717, 1.165) is 43.4 Å². The zero-order valence-electron chi connectivity index (χ0n) is 14.9. The predicted molar refractivity (Wildman–Crippen MR) is 107 cm³/mol. The normalized spacial score (nSPS) is 15.2. The second kappa shape index (κ2) is 7.61. The summed E-state index contributed by atoms with van der Waals surface area (Å²) in [6.07, 6.45) is 3.25. The Balaban J connectivity index is 1.33. The van der Waals surface area contributed by atoms with Gasteiger partial charge in [0.15, 0.2) is 0 Å². The second-order valence-electron chi connectivity index (χ2n) is 7.11. The summed E-state index contributed by atoms with van der Waals surface area (Å²) in [4.78, 5) is 14.5. The molecule has 1 aliphatic rings. The molecule has 1 saturated heterocycles. The van der Waals surface area contributed by atoms with Crippen LogP contribution in [0.1, 0.15) is 18.4 Å². The van der Waals surface area contributed by atoms with E-state index in [2.05, 4.69) is 53.8 Å². The average Bonchev–Trinajstić information content (AvgIpc) is 2.69. The zero-order chi connectivity index (χ0) is 17.8. The van der Waals surface area contributed by atoms with Crippen LogP contribution in [0.2, 0.25) is 0 Å². The summed E-state index contributed by atoms with van der Waals surface area (Å²) in [5.74, 6) is 0.669. The lowest BCUT2D eigenvalue weighted by Crippen LogP contribution is -2.41. The lowest BCUT2D eigenvalue weighted by atomic mass is 9.90. The average molecular weight is 344 g/mol. The van der Waals surface area contributed by atoms with Crippen molar-refractivity contribution in [3.8, 4) is 0 Å². The number of rotatable bonds is 3. The van der Waals surface area contributed by atoms with Crippen molar-refractivity contribution in [2.45, 2.75) is 19.3 Å².